The molecule has 0 bridgehead atoms. The second-order valence-corrected chi connectivity index (χ2v) is 7.03. The normalized spacial score (nSPS) is 21.7. The Morgan fingerprint density at radius 1 is 1.42 bits per heavy atom. The highest BCUT2D eigenvalue weighted by Gasteiger charge is 2.27. The molecule has 1 heterocycles. The summed E-state index contributed by atoms with van der Waals surface area (Å²) < 4.78 is 48.3. The summed E-state index contributed by atoms with van der Waals surface area (Å²) in [4.78, 5) is 0. The number of hydrogen-bond donors (Lipinski definition) is 2. The van der Waals surface area contributed by atoms with E-state index in [9.17, 15) is 17.2 Å². The molecule has 2 rings (SSSR count). The van der Waals surface area contributed by atoms with Crippen molar-refractivity contribution in [1.29, 1.82) is 0 Å². The largest absolute Gasteiger partial charge is 0.399 e. The van der Waals surface area contributed by atoms with Gasteiger partial charge in [0, 0.05) is 23.5 Å². The maximum atomic E-state index is 12.8. The highest BCUT2D eigenvalue weighted by molar-refractivity contribution is 7.91. The van der Waals surface area contributed by atoms with E-state index >= 15 is 0 Å². The number of sulfone groups is 1. The van der Waals surface area contributed by atoms with Gasteiger partial charge < -0.3 is 11.1 Å². The van der Waals surface area contributed by atoms with Crippen LogP contribution in [-0.2, 0) is 9.84 Å². The Morgan fingerprint density at radius 2 is 2.16 bits per heavy atom. The molecule has 1 unspecified atom stereocenters. The fourth-order valence-corrected chi connectivity index (χ4v) is 4.07. The predicted octanol–water partition coefficient (Wildman–Crippen LogP) is 2.05. The van der Waals surface area contributed by atoms with Crippen molar-refractivity contribution in [2.75, 3.05) is 29.1 Å². The maximum Gasteiger partial charge on any atom is 0.265 e. The quantitative estimate of drug-likeness (QED) is 0.833. The Labute approximate surface area is 110 Å². The van der Waals surface area contributed by atoms with Crippen LogP contribution in [0.25, 0.3) is 0 Å². The van der Waals surface area contributed by atoms with Crippen molar-refractivity contribution >= 4 is 21.2 Å². The molecule has 4 nitrogen and oxygen atoms in total. The Balaban J connectivity index is 2.04. The fourth-order valence-electron chi connectivity index (χ4n) is 2.21. The molecule has 0 saturated carbocycles. The Morgan fingerprint density at radius 3 is 2.74 bits per heavy atom. The lowest BCUT2D eigenvalue weighted by atomic mass is 10.1. The predicted molar refractivity (Wildman–Crippen MR) is 71.1 cm³/mol. The Kier molecular flexibility index (Phi) is 3.93. The fraction of sp³-hybridized carbons (Fsp3) is 0.500. The molecule has 1 aromatic carbocycles. The van der Waals surface area contributed by atoms with Crippen LogP contribution in [0.15, 0.2) is 18.2 Å². The Hall–Kier alpha value is -1.37. The third kappa shape index (κ3) is 3.56. The minimum Gasteiger partial charge on any atom is -0.399 e. The molecule has 0 aromatic heterocycles. The van der Waals surface area contributed by atoms with E-state index in [-0.39, 0.29) is 28.7 Å². The third-order valence-electron chi connectivity index (χ3n) is 3.22. The number of nitrogens with one attached hydrogen (secondary N) is 1. The number of nitrogens with two attached hydrogens (primary N) is 1. The molecule has 7 heteroatoms. The molecule has 0 spiro atoms. The van der Waals surface area contributed by atoms with E-state index in [4.69, 9.17) is 5.73 Å². The monoisotopic (exact) mass is 290 g/mol. The van der Waals surface area contributed by atoms with Gasteiger partial charge in [0.05, 0.1) is 11.5 Å². The highest BCUT2D eigenvalue weighted by atomic mass is 32.2. The van der Waals surface area contributed by atoms with Crippen LogP contribution in [0.4, 0.5) is 20.2 Å². The summed E-state index contributed by atoms with van der Waals surface area (Å²) in [5, 5.41) is 2.90. The van der Waals surface area contributed by atoms with Crippen molar-refractivity contribution in [3.8, 4) is 0 Å². The van der Waals surface area contributed by atoms with Crippen molar-refractivity contribution in [2.24, 2.45) is 5.92 Å². The van der Waals surface area contributed by atoms with Gasteiger partial charge in [0.2, 0.25) is 0 Å². The summed E-state index contributed by atoms with van der Waals surface area (Å²) in [5.41, 5.74) is 5.92. The number of alkyl halides is 2. The van der Waals surface area contributed by atoms with Gasteiger partial charge in [-0.3, -0.25) is 0 Å². The van der Waals surface area contributed by atoms with Crippen molar-refractivity contribution in [3.63, 3.8) is 0 Å². The van der Waals surface area contributed by atoms with E-state index in [1.54, 1.807) is 6.07 Å². The molecule has 1 aromatic rings. The Bertz CT molecular complexity index is 561. The second kappa shape index (κ2) is 5.32. The molecule has 0 aliphatic carbocycles. The molecule has 1 fully saturated rings. The van der Waals surface area contributed by atoms with Gasteiger partial charge in [-0.25, -0.2) is 17.2 Å². The summed E-state index contributed by atoms with van der Waals surface area (Å²) in [7, 11) is -2.94. The first-order valence-electron chi connectivity index (χ1n) is 5.99. The molecule has 0 amide bonds. The van der Waals surface area contributed by atoms with Gasteiger partial charge in [-0.15, -0.1) is 0 Å². The van der Waals surface area contributed by atoms with Crippen LogP contribution in [0.5, 0.6) is 0 Å². The smallest absolute Gasteiger partial charge is 0.265 e. The number of benzene rings is 1. The number of hydrogen-bond acceptors (Lipinski definition) is 4. The van der Waals surface area contributed by atoms with Crippen LogP contribution in [0.3, 0.4) is 0 Å². The van der Waals surface area contributed by atoms with Gasteiger partial charge in [0.1, 0.15) is 0 Å². The van der Waals surface area contributed by atoms with E-state index in [0.29, 0.717) is 18.7 Å². The first-order valence-corrected chi connectivity index (χ1v) is 7.81. The van der Waals surface area contributed by atoms with Crippen LogP contribution >= 0.6 is 0 Å². The van der Waals surface area contributed by atoms with Gasteiger partial charge in [-0.05, 0) is 30.5 Å². The first kappa shape index (κ1) is 14.0. The van der Waals surface area contributed by atoms with Crippen LogP contribution in [0.2, 0.25) is 0 Å². The van der Waals surface area contributed by atoms with Gasteiger partial charge in [-0.2, -0.15) is 0 Å². The van der Waals surface area contributed by atoms with Crippen LogP contribution in [0, 0.1) is 5.92 Å². The molecular formula is C12H16F2N2O2S. The minimum absolute atomic E-state index is 0.0203. The van der Waals surface area contributed by atoms with Crippen LogP contribution in [-0.4, -0.2) is 26.5 Å². The van der Waals surface area contributed by atoms with E-state index in [0.717, 1.165) is 0 Å². The van der Waals surface area contributed by atoms with Gasteiger partial charge in [-0.1, -0.05) is 0 Å². The highest BCUT2D eigenvalue weighted by Crippen LogP contribution is 2.29. The molecule has 1 atom stereocenters. The average Bonchev–Trinajstić information content (AvgIpc) is 2.67. The van der Waals surface area contributed by atoms with Crippen molar-refractivity contribution < 1.29 is 17.2 Å². The SMILES string of the molecule is Nc1ccc(NCC2CCS(=O)(=O)C2)c(C(F)F)c1. The standard InChI is InChI=1S/C12H16F2N2O2S/c13-12(14)10-5-9(15)1-2-11(10)16-6-8-3-4-19(17,18)7-8/h1-2,5,8,12,16H,3-4,6-7,15H2. The number of anilines is 2. The molecule has 19 heavy (non-hydrogen) atoms. The summed E-state index contributed by atoms with van der Waals surface area (Å²) >= 11 is 0. The van der Waals surface area contributed by atoms with Crippen LogP contribution < -0.4 is 11.1 Å². The second-order valence-electron chi connectivity index (χ2n) is 4.80. The summed E-state index contributed by atoms with van der Waals surface area (Å²) in [6, 6.07) is 4.28. The summed E-state index contributed by atoms with van der Waals surface area (Å²) in [6.07, 6.45) is -2.03. The lowest BCUT2D eigenvalue weighted by Crippen LogP contribution is -2.16. The molecule has 1 aliphatic rings. The number of nitrogen functional groups attached to an aromatic ring is 1. The zero-order valence-electron chi connectivity index (χ0n) is 10.3. The topological polar surface area (TPSA) is 72.2 Å². The molecule has 1 saturated heterocycles. The molecule has 106 valence electrons. The van der Waals surface area contributed by atoms with Gasteiger partial charge in [0.25, 0.3) is 6.43 Å². The minimum atomic E-state index is -2.94. The molecular weight excluding hydrogens is 274 g/mol. The van der Waals surface area contributed by atoms with Crippen LogP contribution in [0.1, 0.15) is 18.4 Å². The molecule has 3 N–H and O–H groups in total. The van der Waals surface area contributed by atoms with E-state index in [1.165, 1.54) is 12.1 Å². The van der Waals surface area contributed by atoms with E-state index in [2.05, 4.69) is 5.32 Å². The van der Waals surface area contributed by atoms with Gasteiger partial charge >= 0.3 is 0 Å². The zero-order chi connectivity index (χ0) is 14.0. The third-order valence-corrected chi connectivity index (χ3v) is 5.06. The summed E-state index contributed by atoms with van der Waals surface area (Å²) in [6.45, 7) is 0.378. The molecule has 0 radical (unpaired) electrons. The maximum absolute atomic E-state index is 12.8. The van der Waals surface area contributed by atoms with E-state index in [1.807, 2.05) is 0 Å². The zero-order valence-corrected chi connectivity index (χ0v) is 11.1. The lowest BCUT2D eigenvalue weighted by molar-refractivity contribution is 0.152. The van der Waals surface area contributed by atoms with E-state index < -0.39 is 16.3 Å². The van der Waals surface area contributed by atoms with Crippen molar-refractivity contribution in [1.82, 2.24) is 0 Å². The van der Waals surface area contributed by atoms with Crippen molar-refractivity contribution in [3.05, 3.63) is 23.8 Å². The van der Waals surface area contributed by atoms with Crippen molar-refractivity contribution in [2.45, 2.75) is 12.8 Å². The molecule has 1 aliphatic heterocycles. The first-order chi connectivity index (χ1) is 8.87. The average molecular weight is 290 g/mol. The van der Waals surface area contributed by atoms with Gasteiger partial charge in [0.15, 0.2) is 9.84 Å². The number of halogens is 2. The number of rotatable bonds is 4. The lowest BCUT2D eigenvalue weighted by Gasteiger charge is -2.15. The summed E-state index contributed by atoms with van der Waals surface area (Å²) in [5.74, 6) is 0.287.